The Bertz CT molecular complexity index is 989. The standard InChI is InChI=1S/C19H16N4S2/c1-12-10-13(2)21-18(20-12)16-8-5-6-14(22-16)11-24-19-23-15-7-3-4-9-17(15)25-19/h3-10H,11H2,1-2H3. The van der Waals surface area contributed by atoms with E-state index in [-0.39, 0.29) is 0 Å². The van der Waals surface area contributed by atoms with Crippen molar-refractivity contribution in [2.24, 2.45) is 0 Å². The molecular formula is C19H16N4S2. The van der Waals surface area contributed by atoms with Gasteiger partial charge in [-0.1, -0.05) is 30.0 Å². The highest BCUT2D eigenvalue weighted by Crippen LogP contribution is 2.31. The van der Waals surface area contributed by atoms with Crippen LogP contribution in [0.4, 0.5) is 0 Å². The summed E-state index contributed by atoms with van der Waals surface area (Å²) in [7, 11) is 0. The monoisotopic (exact) mass is 364 g/mol. The second-order valence-electron chi connectivity index (χ2n) is 5.72. The zero-order chi connectivity index (χ0) is 17.2. The minimum Gasteiger partial charge on any atom is -0.249 e. The minimum absolute atomic E-state index is 0.685. The van der Waals surface area contributed by atoms with Gasteiger partial charge in [0, 0.05) is 17.1 Å². The van der Waals surface area contributed by atoms with E-state index in [0.717, 1.165) is 38.4 Å². The molecule has 0 saturated heterocycles. The zero-order valence-corrected chi connectivity index (χ0v) is 15.6. The number of aromatic nitrogens is 4. The molecule has 124 valence electrons. The molecule has 0 atom stereocenters. The molecule has 0 aliphatic heterocycles. The summed E-state index contributed by atoms with van der Waals surface area (Å²) in [6.07, 6.45) is 0. The third-order valence-electron chi connectivity index (χ3n) is 3.64. The fraction of sp³-hybridized carbons (Fsp3) is 0.158. The minimum atomic E-state index is 0.685. The third kappa shape index (κ3) is 3.70. The van der Waals surface area contributed by atoms with E-state index in [2.05, 4.69) is 21.0 Å². The van der Waals surface area contributed by atoms with Crippen LogP contribution in [0.1, 0.15) is 17.1 Å². The van der Waals surface area contributed by atoms with Crippen LogP contribution in [0.3, 0.4) is 0 Å². The lowest BCUT2D eigenvalue weighted by Crippen LogP contribution is -1.98. The second kappa shape index (κ2) is 6.90. The van der Waals surface area contributed by atoms with Crippen LogP contribution in [-0.2, 0) is 5.75 Å². The van der Waals surface area contributed by atoms with Gasteiger partial charge >= 0.3 is 0 Å². The first-order chi connectivity index (χ1) is 12.2. The van der Waals surface area contributed by atoms with Crippen molar-refractivity contribution in [1.29, 1.82) is 0 Å². The van der Waals surface area contributed by atoms with Gasteiger partial charge in [-0.15, -0.1) is 11.3 Å². The van der Waals surface area contributed by atoms with Crippen LogP contribution in [-0.4, -0.2) is 19.9 Å². The van der Waals surface area contributed by atoms with Crippen LogP contribution in [0.5, 0.6) is 0 Å². The van der Waals surface area contributed by atoms with Crippen molar-refractivity contribution in [3.63, 3.8) is 0 Å². The number of fused-ring (bicyclic) bond motifs is 1. The fourth-order valence-corrected chi connectivity index (χ4v) is 4.55. The normalized spacial score (nSPS) is 11.1. The number of thiazole rings is 1. The van der Waals surface area contributed by atoms with Crippen molar-refractivity contribution >= 4 is 33.3 Å². The Morgan fingerprint density at radius 3 is 2.48 bits per heavy atom. The summed E-state index contributed by atoms with van der Waals surface area (Å²) >= 11 is 3.43. The van der Waals surface area contributed by atoms with Gasteiger partial charge in [-0.25, -0.2) is 19.9 Å². The SMILES string of the molecule is Cc1cc(C)nc(-c2cccc(CSc3nc4ccccc4s3)n2)n1. The quantitative estimate of drug-likeness (QED) is 0.474. The summed E-state index contributed by atoms with van der Waals surface area (Å²) in [5, 5.41) is 0. The van der Waals surface area contributed by atoms with Crippen LogP contribution in [0.25, 0.3) is 21.7 Å². The molecule has 0 saturated carbocycles. The van der Waals surface area contributed by atoms with E-state index >= 15 is 0 Å². The van der Waals surface area contributed by atoms with Crippen molar-refractivity contribution in [3.8, 4) is 11.5 Å². The van der Waals surface area contributed by atoms with Gasteiger partial charge < -0.3 is 0 Å². The lowest BCUT2D eigenvalue weighted by atomic mass is 10.2. The van der Waals surface area contributed by atoms with E-state index in [0.29, 0.717) is 5.82 Å². The summed E-state index contributed by atoms with van der Waals surface area (Å²) < 4.78 is 2.28. The zero-order valence-electron chi connectivity index (χ0n) is 13.9. The van der Waals surface area contributed by atoms with E-state index in [9.17, 15) is 0 Å². The number of rotatable bonds is 4. The summed E-state index contributed by atoms with van der Waals surface area (Å²) in [5.41, 5.74) is 4.79. The molecule has 6 heteroatoms. The number of pyridine rings is 1. The molecule has 0 spiro atoms. The third-order valence-corrected chi connectivity index (χ3v) is 5.85. The maximum absolute atomic E-state index is 4.73. The van der Waals surface area contributed by atoms with Gasteiger partial charge in [0.15, 0.2) is 10.2 Å². The summed E-state index contributed by atoms with van der Waals surface area (Å²) in [4.78, 5) is 18.4. The van der Waals surface area contributed by atoms with Gasteiger partial charge in [-0.05, 0) is 44.2 Å². The summed E-state index contributed by atoms with van der Waals surface area (Å²) in [5.74, 6) is 1.46. The first-order valence-electron chi connectivity index (χ1n) is 7.94. The average Bonchev–Trinajstić information content (AvgIpc) is 3.02. The van der Waals surface area contributed by atoms with Crippen LogP contribution >= 0.6 is 23.1 Å². The molecule has 0 N–H and O–H groups in total. The fourth-order valence-electron chi connectivity index (χ4n) is 2.57. The van der Waals surface area contributed by atoms with Crippen LogP contribution in [0.2, 0.25) is 0 Å². The molecule has 0 amide bonds. The molecule has 0 unspecified atom stereocenters. The molecule has 0 aliphatic carbocycles. The number of benzene rings is 1. The highest BCUT2D eigenvalue weighted by molar-refractivity contribution is 8.00. The van der Waals surface area contributed by atoms with Gasteiger partial charge in [-0.2, -0.15) is 0 Å². The van der Waals surface area contributed by atoms with E-state index in [1.807, 2.05) is 56.3 Å². The lowest BCUT2D eigenvalue weighted by molar-refractivity contribution is 1.04. The van der Waals surface area contributed by atoms with Crippen LogP contribution in [0, 0.1) is 13.8 Å². The smallest absolute Gasteiger partial charge is 0.178 e. The van der Waals surface area contributed by atoms with E-state index in [1.54, 1.807) is 23.1 Å². The Kier molecular flexibility index (Phi) is 4.46. The Hall–Kier alpha value is -2.31. The molecule has 0 bridgehead atoms. The van der Waals surface area contributed by atoms with Gasteiger partial charge in [0.1, 0.15) is 5.69 Å². The average molecular weight is 364 g/mol. The maximum atomic E-state index is 4.73. The van der Waals surface area contributed by atoms with Crippen molar-refractivity contribution in [3.05, 3.63) is 65.6 Å². The topological polar surface area (TPSA) is 51.6 Å². The Morgan fingerprint density at radius 2 is 1.68 bits per heavy atom. The summed E-state index contributed by atoms with van der Waals surface area (Å²) in [6, 6.07) is 16.2. The number of hydrogen-bond donors (Lipinski definition) is 0. The molecule has 4 rings (SSSR count). The van der Waals surface area contributed by atoms with E-state index in [1.165, 1.54) is 4.70 Å². The van der Waals surface area contributed by atoms with Gasteiger partial charge in [0.25, 0.3) is 0 Å². The second-order valence-corrected chi connectivity index (χ2v) is 7.98. The molecule has 4 aromatic rings. The molecule has 25 heavy (non-hydrogen) atoms. The molecule has 1 aromatic carbocycles. The predicted molar refractivity (Wildman–Crippen MR) is 104 cm³/mol. The Balaban J connectivity index is 1.55. The highest BCUT2D eigenvalue weighted by atomic mass is 32.2. The molecule has 4 nitrogen and oxygen atoms in total. The number of nitrogens with zero attached hydrogens (tertiary/aromatic N) is 4. The largest absolute Gasteiger partial charge is 0.249 e. The lowest BCUT2D eigenvalue weighted by Gasteiger charge is -2.05. The number of aryl methyl sites for hydroxylation is 2. The molecule has 3 heterocycles. The first kappa shape index (κ1) is 16.2. The molecule has 0 fully saturated rings. The highest BCUT2D eigenvalue weighted by Gasteiger charge is 2.08. The van der Waals surface area contributed by atoms with Crippen molar-refractivity contribution in [1.82, 2.24) is 19.9 Å². The molecule has 0 radical (unpaired) electrons. The van der Waals surface area contributed by atoms with Gasteiger partial charge in [-0.3, -0.25) is 0 Å². The Labute approximate surface area is 154 Å². The van der Waals surface area contributed by atoms with Crippen LogP contribution < -0.4 is 0 Å². The van der Waals surface area contributed by atoms with E-state index in [4.69, 9.17) is 4.98 Å². The number of para-hydroxylation sites is 1. The number of hydrogen-bond acceptors (Lipinski definition) is 6. The maximum Gasteiger partial charge on any atom is 0.178 e. The molecular weight excluding hydrogens is 348 g/mol. The molecule has 0 aliphatic rings. The van der Waals surface area contributed by atoms with Crippen molar-refractivity contribution < 1.29 is 0 Å². The van der Waals surface area contributed by atoms with Gasteiger partial charge in [0.2, 0.25) is 0 Å². The van der Waals surface area contributed by atoms with Gasteiger partial charge in [0.05, 0.1) is 15.9 Å². The van der Waals surface area contributed by atoms with Crippen molar-refractivity contribution in [2.75, 3.05) is 0 Å². The summed E-state index contributed by atoms with van der Waals surface area (Å²) in [6.45, 7) is 3.95. The number of thioether (sulfide) groups is 1. The molecule has 3 aromatic heterocycles. The predicted octanol–water partition coefficient (Wildman–Crippen LogP) is 5.06. The van der Waals surface area contributed by atoms with Crippen LogP contribution in [0.15, 0.2) is 52.9 Å². The van der Waals surface area contributed by atoms with E-state index < -0.39 is 0 Å². The van der Waals surface area contributed by atoms with Crippen molar-refractivity contribution in [2.45, 2.75) is 23.9 Å². The Morgan fingerprint density at radius 1 is 0.880 bits per heavy atom. The first-order valence-corrected chi connectivity index (χ1v) is 9.74.